The fourth-order valence-electron chi connectivity index (χ4n) is 1.08. The lowest BCUT2D eigenvalue weighted by Gasteiger charge is -2.09. The van der Waals surface area contributed by atoms with E-state index in [0.717, 1.165) is 23.9 Å². The summed E-state index contributed by atoms with van der Waals surface area (Å²) in [5.74, 6) is -3.26. The minimum absolute atomic E-state index is 0.134. The van der Waals surface area contributed by atoms with Gasteiger partial charge in [-0.3, -0.25) is 9.59 Å². The van der Waals surface area contributed by atoms with Crippen LogP contribution in [0.2, 0.25) is 0 Å². The average Bonchev–Trinajstić information content (AvgIpc) is 2.27. The Bertz CT molecular complexity index is 468. The Kier molecular flexibility index (Phi) is 5.08. The first kappa shape index (κ1) is 14.4. The molecule has 1 aromatic rings. The zero-order valence-electron chi connectivity index (χ0n) is 9.44. The van der Waals surface area contributed by atoms with E-state index in [9.17, 15) is 18.4 Å². The monoisotopic (exact) mass is 275 g/mol. The molecule has 0 spiro atoms. The Morgan fingerprint density at radius 1 is 1.44 bits per heavy atom. The maximum absolute atomic E-state index is 13.2. The van der Waals surface area contributed by atoms with E-state index in [2.05, 4.69) is 5.32 Å². The maximum atomic E-state index is 13.2. The van der Waals surface area contributed by atoms with Gasteiger partial charge in [-0.1, -0.05) is 0 Å². The highest BCUT2D eigenvalue weighted by Gasteiger charge is 2.14. The highest BCUT2D eigenvalue weighted by molar-refractivity contribution is 8.00. The number of hydrogen-bond acceptors (Lipinski definition) is 3. The summed E-state index contributed by atoms with van der Waals surface area (Å²) in [6.07, 6.45) is 0. The second-order valence-electron chi connectivity index (χ2n) is 3.49. The standard InChI is InChI=1S/C11H11F2NO3S/c1-6(11(16)17)14-10(15)5-18-9-3-2-7(12)4-8(9)13/h2-4,6H,5H2,1H3,(H,14,15)(H,16,17)/t6-/m1/s1. The number of carboxylic acid groups (broad SMARTS) is 1. The third kappa shape index (κ3) is 4.33. The molecule has 0 radical (unpaired) electrons. The molecule has 1 rings (SSSR count). The number of aliphatic carboxylic acids is 1. The lowest BCUT2D eigenvalue weighted by atomic mass is 10.3. The van der Waals surface area contributed by atoms with E-state index in [0.29, 0.717) is 0 Å². The summed E-state index contributed by atoms with van der Waals surface area (Å²) < 4.78 is 25.8. The van der Waals surface area contributed by atoms with Crippen molar-refractivity contribution in [2.45, 2.75) is 17.9 Å². The molecule has 0 saturated heterocycles. The van der Waals surface area contributed by atoms with E-state index < -0.39 is 29.6 Å². The van der Waals surface area contributed by atoms with Crippen LogP contribution in [-0.4, -0.2) is 28.8 Å². The summed E-state index contributed by atoms with van der Waals surface area (Å²) in [6.45, 7) is 1.32. The van der Waals surface area contributed by atoms with Crippen LogP contribution in [0, 0.1) is 11.6 Å². The molecular weight excluding hydrogens is 264 g/mol. The summed E-state index contributed by atoms with van der Waals surface area (Å²) in [5, 5.41) is 10.8. The fraction of sp³-hybridized carbons (Fsp3) is 0.273. The second-order valence-corrected chi connectivity index (χ2v) is 4.51. The van der Waals surface area contributed by atoms with Gasteiger partial charge in [0.05, 0.1) is 5.75 Å². The van der Waals surface area contributed by atoms with Gasteiger partial charge in [0, 0.05) is 11.0 Å². The van der Waals surface area contributed by atoms with Crippen molar-refractivity contribution in [2.24, 2.45) is 0 Å². The second kappa shape index (κ2) is 6.34. The van der Waals surface area contributed by atoms with E-state index in [-0.39, 0.29) is 10.6 Å². The third-order valence-corrected chi connectivity index (χ3v) is 3.05. The van der Waals surface area contributed by atoms with Crippen molar-refractivity contribution >= 4 is 23.6 Å². The normalized spacial score (nSPS) is 11.9. The van der Waals surface area contributed by atoms with Gasteiger partial charge >= 0.3 is 5.97 Å². The van der Waals surface area contributed by atoms with Crippen molar-refractivity contribution in [1.29, 1.82) is 0 Å². The first-order valence-corrected chi connectivity index (χ1v) is 5.98. The molecule has 98 valence electrons. The van der Waals surface area contributed by atoms with Gasteiger partial charge < -0.3 is 10.4 Å². The van der Waals surface area contributed by atoms with Crippen molar-refractivity contribution in [1.82, 2.24) is 5.32 Å². The Labute approximate surface area is 106 Å². The molecule has 1 aromatic carbocycles. The number of halogens is 2. The van der Waals surface area contributed by atoms with Gasteiger partial charge in [-0.15, -0.1) is 11.8 Å². The molecule has 1 atom stereocenters. The number of carbonyl (C=O) groups excluding carboxylic acids is 1. The van der Waals surface area contributed by atoms with Crippen LogP contribution in [0.15, 0.2) is 23.1 Å². The predicted molar refractivity (Wildman–Crippen MR) is 62.3 cm³/mol. The molecule has 2 N–H and O–H groups in total. The van der Waals surface area contributed by atoms with Crippen LogP contribution in [0.25, 0.3) is 0 Å². The lowest BCUT2D eigenvalue weighted by molar-refractivity contribution is -0.140. The smallest absolute Gasteiger partial charge is 0.325 e. The summed E-state index contributed by atoms with van der Waals surface area (Å²) in [5.41, 5.74) is 0. The number of amides is 1. The molecule has 0 bridgehead atoms. The van der Waals surface area contributed by atoms with E-state index in [1.807, 2.05) is 0 Å². The number of carbonyl (C=O) groups is 2. The van der Waals surface area contributed by atoms with Gasteiger partial charge in [0.2, 0.25) is 5.91 Å². The summed E-state index contributed by atoms with van der Waals surface area (Å²) in [7, 11) is 0. The zero-order valence-corrected chi connectivity index (χ0v) is 10.3. The molecule has 18 heavy (non-hydrogen) atoms. The number of thioether (sulfide) groups is 1. The topological polar surface area (TPSA) is 66.4 Å². The van der Waals surface area contributed by atoms with Crippen LogP contribution in [-0.2, 0) is 9.59 Å². The van der Waals surface area contributed by atoms with Crippen molar-refractivity contribution in [3.05, 3.63) is 29.8 Å². The van der Waals surface area contributed by atoms with Gasteiger partial charge in [0.1, 0.15) is 17.7 Å². The van der Waals surface area contributed by atoms with E-state index in [4.69, 9.17) is 5.11 Å². The summed E-state index contributed by atoms with van der Waals surface area (Å²) in [4.78, 5) is 21.9. The highest BCUT2D eigenvalue weighted by atomic mass is 32.2. The molecule has 0 saturated carbocycles. The van der Waals surface area contributed by atoms with E-state index in [1.165, 1.54) is 13.0 Å². The largest absolute Gasteiger partial charge is 0.480 e. The Hall–Kier alpha value is -1.63. The summed E-state index contributed by atoms with van der Waals surface area (Å²) >= 11 is 0.871. The van der Waals surface area contributed by atoms with Gasteiger partial charge in [0.15, 0.2) is 0 Å². The molecule has 7 heteroatoms. The third-order valence-electron chi connectivity index (χ3n) is 2.00. The molecule has 0 aromatic heterocycles. The lowest BCUT2D eigenvalue weighted by Crippen LogP contribution is -2.39. The molecule has 0 aliphatic rings. The zero-order chi connectivity index (χ0) is 13.7. The van der Waals surface area contributed by atoms with Crippen LogP contribution in [0.3, 0.4) is 0 Å². The molecule has 0 unspecified atom stereocenters. The minimum Gasteiger partial charge on any atom is -0.480 e. The summed E-state index contributed by atoms with van der Waals surface area (Å²) in [6, 6.07) is 2.03. The molecule has 4 nitrogen and oxygen atoms in total. The van der Waals surface area contributed by atoms with Gasteiger partial charge in [-0.25, -0.2) is 8.78 Å². The van der Waals surface area contributed by atoms with Gasteiger partial charge in [0.25, 0.3) is 0 Å². The SMILES string of the molecule is C[C@@H](NC(=O)CSc1ccc(F)cc1F)C(=O)O. The molecule has 0 fully saturated rings. The molecule has 0 aliphatic heterocycles. The minimum atomic E-state index is -1.15. The van der Waals surface area contributed by atoms with E-state index >= 15 is 0 Å². The Morgan fingerprint density at radius 2 is 2.11 bits per heavy atom. The first-order chi connectivity index (χ1) is 8.40. The average molecular weight is 275 g/mol. The highest BCUT2D eigenvalue weighted by Crippen LogP contribution is 2.21. The number of benzene rings is 1. The van der Waals surface area contributed by atoms with E-state index in [1.54, 1.807) is 0 Å². The maximum Gasteiger partial charge on any atom is 0.325 e. The fourth-order valence-corrected chi connectivity index (χ4v) is 1.81. The Morgan fingerprint density at radius 3 is 2.67 bits per heavy atom. The van der Waals surface area contributed by atoms with Crippen LogP contribution < -0.4 is 5.32 Å². The number of nitrogens with one attached hydrogen (secondary N) is 1. The number of hydrogen-bond donors (Lipinski definition) is 2. The molecular formula is C11H11F2NO3S. The van der Waals surface area contributed by atoms with Crippen LogP contribution in [0.4, 0.5) is 8.78 Å². The van der Waals surface area contributed by atoms with Crippen LogP contribution in [0.5, 0.6) is 0 Å². The van der Waals surface area contributed by atoms with Crippen LogP contribution >= 0.6 is 11.8 Å². The number of carboxylic acids is 1. The Balaban J connectivity index is 2.50. The molecule has 1 amide bonds. The van der Waals surface area contributed by atoms with Gasteiger partial charge in [-0.2, -0.15) is 0 Å². The van der Waals surface area contributed by atoms with Crippen molar-refractivity contribution in [3.63, 3.8) is 0 Å². The quantitative estimate of drug-likeness (QED) is 0.802. The molecule has 0 heterocycles. The molecule has 0 aliphatic carbocycles. The predicted octanol–water partition coefficient (Wildman–Crippen LogP) is 1.65. The number of rotatable bonds is 5. The van der Waals surface area contributed by atoms with Gasteiger partial charge in [-0.05, 0) is 19.1 Å². The van der Waals surface area contributed by atoms with Crippen molar-refractivity contribution < 1.29 is 23.5 Å². The van der Waals surface area contributed by atoms with Crippen molar-refractivity contribution in [3.8, 4) is 0 Å². The van der Waals surface area contributed by atoms with Crippen molar-refractivity contribution in [2.75, 3.05) is 5.75 Å². The first-order valence-electron chi connectivity index (χ1n) is 5.00. The van der Waals surface area contributed by atoms with Crippen LogP contribution in [0.1, 0.15) is 6.92 Å².